The fourth-order valence-electron chi connectivity index (χ4n) is 3.48. The summed E-state index contributed by atoms with van der Waals surface area (Å²) in [5.74, 6) is 2.52. The summed E-state index contributed by atoms with van der Waals surface area (Å²) < 4.78 is 0.932. The van der Waals surface area contributed by atoms with Gasteiger partial charge < -0.3 is 9.97 Å². The van der Waals surface area contributed by atoms with Crippen molar-refractivity contribution in [3.63, 3.8) is 0 Å². The van der Waals surface area contributed by atoms with Crippen LogP contribution in [-0.4, -0.2) is 19.9 Å². The standard InChI is InChI=1S/C20H14N4.C8H5.Co/c1-2-14-10-16-5-6-18(23-16)12-20-8-7-19(24-20)11-17-4-3-15(22-17)9-13(1)21-14;1-2-8-6-4-3-5-7-8;/h1-12,21,24H;1,4-7H;. The molecule has 2 N–H and O–H groups in total. The SMILES string of the molecule is C#Cc1cc[c]([Co])cc1.C1=Cc2cc3ccc(cc4nc(cc5ccc(cc1n2)[nH]5)C=C4)[nH]3. The minimum Gasteiger partial charge on any atom is -0.355 e. The molecule has 4 aromatic rings. The molecule has 8 bridgehead atoms. The molecule has 0 radical (unpaired) electrons. The van der Waals surface area contributed by atoms with Gasteiger partial charge in [-0.3, -0.25) is 0 Å². The topological polar surface area (TPSA) is 57.4 Å². The van der Waals surface area contributed by atoms with Gasteiger partial charge in [0.2, 0.25) is 0 Å². The maximum Gasteiger partial charge on any atom is 0.0658 e. The third-order valence-electron chi connectivity index (χ3n) is 5.04. The van der Waals surface area contributed by atoms with Crippen molar-refractivity contribution in [3.8, 4) is 12.3 Å². The number of nitrogens with zero attached hydrogens (tertiary/aromatic N) is 2. The number of rotatable bonds is 0. The Hall–Kier alpha value is -4.11. The number of nitrogens with one attached hydrogen (secondary N) is 2. The third-order valence-corrected chi connectivity index (χ3v) is 5.38. The maximum atomic E-state index is 5.12. The minimum absolute atomic E-state index is 0.895. The van der Waals surface area contributed by atoms with Crippen molar-refractivity contribution in [2.75, 3.05) is 0 Å². The largest absolute Gasteiger partial charge is 0.355 e. The summed E-state index contributed by atoms with van der Waals surface area (Å²) in [6.07, 6.45) is 13.2. The first-order valence-corrected chi connectivity index (χ1v) is 10.9. The van der Waals surface area contributed by atoms with Crippen LogP contribution in [0.15, 0.2) is 72.8 Å². The minimum atomic E-state index is 0.895. The van der Waals surface area contributed by atoms with E-state index in [0.717, 1.165) is 54.9 Å². The van der Waals surface area contributed by atoms with Gasteiger partial charge >= 0.3 is 62.4 Å². The van der Waals surface area contributed by atoms with E-state index < -0.39 is 0 Å². The van der Waals surface area contributed by atoms with Crippen LogP contribution in [0.5, 0.6) is 0 Å². The predicted molar refractivity (Wildman–Crippen MR) is 133 cm³/mol. The molecule has 33 heavy (non-hydrogen) atoms. The number of aromatic amines is 2. The second kappa shape index (κ2) is 9.17. The summed E-state index contributed by atoms with van der Waals surface area (Å²) in [7, 11) is 0. The zero-order valence-electron chi connectivity index (χ0n) is 17.5. The average molecular weight is 470 g/mol. The van der Waals surface area contributed by atoms with Crippen LogP contribution in [0.2, 0.25) is 0 Å². The van der Waals surface area contributed by atoms with E-state index in [-0.39, 0.29) is 0 Å². The molecule has 0 amide bonds. The van der Waals surface area contributed by atoms with Crippen molar-refractivity contribution in [1.29, 1.82) is 0 Å². The number of hydrogen-bond acceptors (Lipinski definition) is 2. The second-order valence-corrected chi connectivity index (χ2v) is 8.13. The van der Waals surface area contributed by atoms with E-state index in [1.807, 2.05) is 72.8 Å². The fourth-order valence-corrected chi connectivity index (χ4v) is 3.66. The normalized spacial score (nSPS) is 11.5. The Morgan fingerprint density at radius 3 is 1.27 bits per heavy atom. The zero-order chi connectivity index (χ0) is 22.6. The van der Waals surface area contributed by atoms with Gasteiger partial charge in [-0.2, -0.15) is 0 Å². The molecule has 0 saturated heterocycles. The Labute approximate surface area is 199 Å². The second-order valence-electron chi connectivity index (χ2n) is 7.53. The first-order chi connectivity index (χ1) is 16.1. The monoisotopic (exact) mass is 470 g/mol. The quantitative estimate of drug-likeness (QED) is 0.288. The van der Waals surface area contributed by atoms with E-state index in [2.05, 4.69) is 65.9 Å². The molecule has 0 saturated carbocycles. The molecular formula is C28H19CoN4. The van der Waals surface area contributed by atoms with Crippen molar-refractivity contribution >= 4 is 50.9 Å². The molecule has 160 valence electrons. The van der Waals surface area contributed by atoms with Crippen LogP contribution in [-0.2, 0) is 15.7 Å². The number of fused-ring (bicyclic) bond motifs is 8. The molecule has 2 aliphatic rings. The summed E-state index contributed by atoms with van der Waals surface area (Å²) in [6.45, 7) is 0. The molecular weight excluding hydrogens is 451 g/mol. The molecule has 0 fully saturated rings. The fraction of sp³-hybridized carbons (Fsp3) is 0. The Kier molecular flexibility index (Phi) is 5.77. The van der Waals surface area contributed by atoms with Crippen molar-refractivity contribution in [1.82, 2.24) is 19.9 Å². The number of terminal acetylenes is 1. The van der Waals surface area contributed by atoms with Crippen molar-refractivity contribution < 1.29 is 15.7 Å². The van der Waals surface area contributed by atoms with E-state index in [1.54, 1.807) is 0 Å². The molecule has 2 aliphatic heterocycles. The summed E-state index contributed by atoms with van der Waals surface area (Å²) in [5, 5.41) is 0. The van der Waals surface area contributed by atoms with E-state index >= 15 is 0 Å². The number of H-pyrrole nitrogens is 2. The van der Waals surface area contributed by atoms with Gasteiger partial charge in [0.05, 0.1) is 22.8 Å². The van der Waals surface area contributed by atoms with E-state index in [0.29, 0.717) is 0 Å². The maximum absolute atomic E-state index is 5.12. The summed E-state index contributed by atoms with van der Waals surface area (Å²) in [4.78, 5) is 16.0. The Morgan fingerprint density at radius 1 is 0.576 bits per heavy atom. The Bertz CT molecular complexity index is 1400. The molecule has 0 spiro atoms. The van der Waals surface area contributed by atoms with Gasteiger partial charge in [-0.15, -0.1) is 0 Å². The van der Waals surface area contributed by atoms with Crippen molar-refractivity contribution in [3.05, 3.63) is 101 Å². The summed E-state index contributed by atoms with van der Waals surface area (Å²) in [6, 6.07) is 23.8. The van der Waals surface area contributed by atoms with Crippen molar-refractivity contribution in [2.24, 2.45) is 0 Å². The van der Waals surface area contributed by atoms with Crippen molar-refractivity contribution in [2.45, 2.75) is 0 Å². The molecule has 5 heteroatoms. The number of hydrogen-bond donors (Lipinski definition) is 2. The molecule has 3 aromatic heterocycles. The van der Waals surface area contributed by atoms with Gasteiger partial charge in [-0.1, -0.05) is 0 Å². The summed E-state index contributed by atoms with van der Waals surface area (Å²) in [5.41, 5.74) is 8.76. The van der Waals surface area contributed by atoms with Gasteiger partial charge in [0, 0.05) is 22.1 Å². The van der Waals surface area contributed by atoms with Gasteiger partial charge in [0.15, 0.2) is 0 Å². The predicted octanol–water partition coefficient (Wildman–Crippen LogP) is 5.50. The van der Waals surface area contributed by atoms with Crippen LogP contribution < -0.4 is 4.50 Å². The van der Waals surface area contributed by atoms with Gasteiger partial charge in [-0.05, 0) is 72.8 Å². The molecule has 0 unspecified atom stereocenters. The Balaban J connectivity index is 0.000000215. The Morgan fingerprint density at radius 2 is 0.939 bits per heavy atom. The van der Waals surface area contributed by atoms with Gasteiger partial charge in [-0.25, -0.2) is 9.97 Å². The molecule has 5 heterocycles. The van der Waals surface area contributed by atoms with Crippen LogP contribution in [0.25, 0.3) is 46.4 Å². The van der Waals surface area contributed by atoms with Crippen LogP contribution >= 0.6 is 0 Å². The van der Waals surface area contributed by atoms with E-state index in [4.69, 9.17) is 6.42 Å². The van der Waals surface area contributed by atoms with Gasteiger partial charge in [0.1, 0.15) is 0 Å². The van der Waals surface area contributed by atoms with Crippen LogP contribution in [0.4, 0.5) is 0 Å². The van der Waals surface area contributed by atoms with E-state index in [1.165, 1.54) is 0 Å². The molecule has 6 rings (SSSR count). The van der Waals surface area contributed by atoms with Crippen LogP contribution in [0, 0.1) is 12.3 Å². The van der Waals surface area contributed by atoms with Crippen LogP contribution in [0.3, 0.4) is 0 Å². The zero-order valence-corrected chi connectivity index (χ0v) is 18.6. The smallest absolute Gasteiger partial charge is 0.0658 e. The first-order valence-electron chi connectivity index (χ1n) is 10.4. The number of aromatic nitrogens is 4. The summed E-state index contributed by atoms with van der Waals surface area (Å²) >= 11 is 4.15. The third kappa shape index (κ3) is 5.21. The van der Waals surface area contributed by atoms with E-state index in [9.17, 15) is 0 Å². The van der Waals surface area contributed by atoms with Crippen LogP contribution in [0.1, 0.15) is 28.3 Å². The number of benzene rings is 1. The molecule has 1 aromatic carbocycles. The average Bonchev–Trinajstić information content (AvgIpc) is 3.61. The molecule has 4 nitrogen and oxygen atoms in total. The first kappa shape index (κ1) is 20.8. The molecule has 0 aliphatic carbocycles. The molecule has 0 atom stereocenters. The van der Waals surface area contributed by atoms with Gasteiger partial charge in [0.25, 0.3) is 0 Å².